The Labute approximate surface area is 185 Å². The zero-order valence-corrected chi connectivity index (χ0v) is 18.2. The lowest BCUT2D eigenvalue weighted by molar-refractivity contribution is 0.0924. The molecule has 3 aromatic rings. The summed E-state index contributed by atoms with van der Waals surface area (Å²) in [5, 5.41) is 3.18. The number of H-pyrrole nitrogens is 1. The summed E-state index contributed by atoms with van der Waals surface area (Å²) < 4.78 is 6.55. The number of carbonyl (C=O) groups excluding carboxylic acids is 1. The highest BCUT2D eigenvalue weighted by atomic mass is 127. The van der Waals surface area contributed by atoms with E-state index in [1.165, 1.54) is 12.8 Å². The van der Waals surface area contributed by atoms with Crippen LogP contribution in [0.5, 0.6) is 11.8 Å². The van der Waals surface area contributed by atoms with Crippen LogP contribution < -0.4 is 10.1 Å². The van der Waals surface area contributed by atoms with Crippen molar-refractivity contribution in [1.82, 2.24) is 25.3 Å². The van der Waals surface area contributed by atoms with E-state index in [0.717, 1.165) is 38.9 Å². The van der Waals surface area contributed by atoms with E-state index >= 15 is 0 Å². The minimum atomic E-state index is -0.0178. The Morgan fingerprint density at radius 2 is 2.03 bits per heavy atom. The molecule has 1 amide bonds. The number of halogens is 2. The average molecular weight is 522 g/mol. The Hall–Kier alpha value is -2.20. The number of hydrogen-bond acceptors (Lipinski definition) is 5. The van der Waals surface area contributed by atoms with Crippen molar-refractivity contribution in [3.63, 3.8) is 0 Å². The predicted molar refractivity (Wildman–Crippen MR) is 116 cm³/mol. The molecule has 0 atom stereocenters. The highest BCUT2D eigenvalue weighted by molar-refractivity contribution is 14.1. The van der Waals surface area contributed by atoms with Crippen molar-refractivity contribution in [1.29, 1.82) is 0 Å². The van der Waals surface area contributed by atoms with Crippen molar-refractivity contribution >= 4 is 40.1 Å². The molecule has 1 spiro atoms. The van der Waals surface area contributed by atoms with Crippen LogP contribution in [0.15, 0.2) is 30.6 Å². The molecule has 1 fully saturated rings. The summed E-state index contributed by atoms with van der Waals surface area (Å²) in [5.74, 6) is 0.726. The summed E-state index contributed by atoms with van der Waals surface area (Å²) in [6.07, 6.45) is 7.84. The minimum absolute atomic E-state index is 0.0178. The Kier molecular flexibility index (Phi) is 4.70. The van der Waals surface area contributed by atoms with E-state index < -0.39 is 0 Å². The molecule has 0 radical (unpaired) electrons. The van der Waals surface area contributed by atoms with E-state index in [1.54, 1.807) is 12.4 Å². The largest absolute Gasteiger partial charge is 0.419 e. The fourth-order valence-electron chi connectivity index (χ4n) is 4.25. The van der Waals surface area contributed by atoms with Crippen LogP contribution in [-0.4, -0.2) is 32.4 Å². The number of aromatic amines is 1. The summed E-state index contributed by atoms with van der Waals surface area (Å²) in [5.41, 5.74) is 3.60. The molecule has 5 rings (SSSR count). The molecule has 2 aliphatic rings. The van der Waals surface area contributed by atoms with Crippen LogP contribution in [0.1, 0.15) is 41.7 Å². The van der Waals surface area contributed by atoms with Crippen LogP contribution in [0.2, 0.25) is 5.28 Å². The molecule has 1 aliphatic heterocycles. The standard InChI is InChI=1S/C20H17ClIN5O2/c21-19-24-9-13(22)18(27-19)29-15-7-11(3-6-23-15)14-8-12-16(26-14)20(4-1-2-5-20)10-25-17(12)28/h3,6-9,26H,1-2,4-5,10H2,(H,25,28). The number of hydrogen-bond donors (Lipinski definition) is 2. The summed E-state index contributed by atoms with van der Waals surface area (Å²) in [7, 11) is 0. The van der Waals surface area contributed by atoms with Crippen molar-refractivity contribution < 1.29 is 9.53 Å². The number of carbonyl (C=O) groups is 1. The number of fused-ring (bicyclic) bond motifs is 2. The van der Waals surface area contributed by atoms with Crippen molar-refractivity contribution in [2.45, 2.75) is 31.1 Å². The fraction of sp³-hybridized carbons (Fsp3) is 0.300. The van der Waals surface area contributed by atoms with Gasteiger partial charge in [-0.05, 0) is 59.2 Å². The summed E-state index contributed by atoms with van der Waals surface area (Å²) in [4.78, 5) is 28.3. The Morgan fingerprint density at radius 1 is 1.21 bits per heavy atom. The molecule has 0 aromatic carbocycles. The van der Waals surface area contributed by atoms with Gasteiger partial charge in [-0.1, -0.05) is 12.8 Å². The number of amides is 1. The first-order chi connectivity index (χ1) is 14.0. The van der Waals surface area contributed by atoms with Gasteiger partial charge in [0, 0.05) is 47.4 Å². The predicted octanol–water partition coefficient (Wildman–Crippen LogP) is 4.47. The maximum Gasteiger partial charge on any atom is 0.253 e. The summed E-state index contributed by atoms with van der Waals surface area (Å²) in [6, 6.07) is 5.64. The van der Waals surface area contributed by atoms with Gasteiger partial charge in [0.1, 0.15) is 0 Å². The number of nitrogens with zero attached hydrogens (tertiary/aromatic N) is 3. The number of ether oxygens (including phenoxy) is 1. The summed E-state index contributed by atoms with van der Waals surface area (Å²) in [6.45, 7) is 0.705. The molecular weight excluding hydrogens is 505 g/mol. The van der Waals surface area contributed by atoms with Crippen molar-refractivity contribution in [2.75, 3.05) is 6.54 Å². The van der Waals surface area contributed by atoms with E-state index in [0.29, 0.717) is 18.3 Å². The molecule has 4 heterocycles. The van der Waals surface area contributed by atoms with E-state index in [2.05, 4.69) is 47.8 Å². The van der Waals surface area contributed by atoms with E-state index in [4.69, 9.17) is 16.3 Å². The molecule has 0 unspecified atom stereocenters. The highest BCUT2D eigenvalue weighted by Gasteiger charge is 2.43. The second-order valence-electron chi connectivity index (χ2n) is 7.42. The van der Waals surface area contributed by atoms with Crippen LogP contribution in [0.3, 0.4) is 0 Å². The molecular formula is C20H17ClIN5O2. The maximum atomic E-state index is 12.5. The molecule has 1 aliphatic carbocycles. The Balaban J connectivity index is 1.50. The average Bonchev–Trinajstić information content (AvgIpc) is 3.37. The molecule has 29 heavy (non-hydrogen) atoms. The van der Waals surface area contributed by atoms with Gasteiger partial charge in [0.15, 0.2) is 0 Å². The van der Waals surface area contributed by atoms with Crippen LogP contribution in [0.4, 0.5) is 0 Å². The lowest BCUT2D eigenvalue weighted by atomic mass is 9.78. The zero-order chi connectivity index (χ0) is 20.0. The lowest BCUT2D eigenvalue weighted by Crippen LogP contribution is -2.45. The van der Waals surface area contributed by atoms with Gasteiger partial charge in [-0.3, -0.25) is 4.79 Å². The van der Waals surface area contributed by atoms with Gasteiger partial charge < -0.3 is 15.0 Å². The third-order valence-electron chi connectivity index (χ3n) is 5.67. The first-order valence-electron chi connectivity index (χ1n) is 9.38. The number of aromatic nitrogens is 4. The first-order valence-corrected chi connectivity index (χ1v) is 10.8. The van der Waals surface area contributed by atoms with Crippen molar-refractivity contribution in [3.05, 3.63) is 50.7 Å². The third-order valence-corrected chi connectivity index (χ3v) is 6.59. The van der Waals surface area contributed by atoms with E-state index in [9.17, 15) is 4.79 Å². The molecule has 0 saturated heterocycles. The first kappa shape index (κ1) is 18.8. The second kappa shape index (κ2) is 7.24. The number of nitrogens with one attached hydrogen (secondary N) is 2. The van der Waals surface area contributed by atoms with Gasteiger partial charge in [-0.25, -0.2) is 9.97 Å². The molecule has 9 heteroatoms. The van der Waals surface area contributed by atoms with Crippen molar-refractivity contribution in [2.24, 2.45) is 0 Å². The lowest BCUT2D eigenvalue weighted by Gasteiger charge is -2.33. The van der Waals surface area contributed by atoms with Crippen LogP contribution in [-0.2, 0) is 5.41 Å². The Morgan fingerprint density at radius 3 is 2.86 bits per heavy atom. The smallest absolute Gasteiger partial charge is 0.253 e. The quantitative estimate of drug-likeness (QED) is 0.392. The summed E-state index contributed by atoms with van der Waals surface area (Å²) >= 11 is 7.95. The second-order valence-corrected chi connectivity index (χ2v) is 8.92. The van der Waals surface area contributed by atoms with Gasteiger partial charge in [0.25, 0.3) is 5.91 Å². The molecule has 3 aromatic heterocycles. The third kappa shape index (κ3) is 3.38. The molecule has 1 saturated carbocycles. The van der Waals surface area contributed by atoms with Gasteiger partial charge in [-0.2, -0.15) is 4.98 Å². The normalized spacial score (nSPS) is 17.2. The number of pyridine rings is 1. The highest BCUT2D eigenvalue weighted by Crippen LogP contribution is 2.44. The molecule has 7 nitrogen and oxygen atoms in total. The van der Waals surface area contributed by atoms with Crippen LogP contribution in [0, 0.1) is 3.57 Å². The molecule has 148 valence electrons. The monoisotopic (exact) mass is 521 g/mol. The Bertz CT molecular complexity index is 1110. The van der Waals surface area contributed by atoms with E-state index in [1.807, 2.05) is 18.2 Å². The van der Waals surface area contributed by atoms with Gasteiger partial charge in [-0.15, -0.1) is 0 Å². The maximum absolute atomic E-state index is 12.5. The minimum Gasteiger partial charge on any atom is -0.419 e. The topological polar surface area (TPSA) is 92.8 Å². The van der Waals surface area contributed by atoms with Gasteiger partial charge >= 0.3 is 0 Å². The van der Waals surface area contributed by atoms with Crippen molar-refractivity contribution in [3.8, 4) is 23.0 Å². The number of rotatable bonds is 3. The zero-order valence-electron chi connectivity index (χ0n) is 15.3. The van der Waals surface area contributed by atoms with Crippen LogP contribution in [0.25, 0.3) is 11.3 Å². The van der Waals surface area contributed by atoms with E-state index in [-0.39, 0.29) is 16.6 Å². The molecule has 0 bridgehead atoms. The SMILES string of the molecule is O=C1NCC2(CCCC2)c2[nH]c(-c3ccnc(Oc4nc(Cl)ncc4I)c3)cc21. The van der Waals surface area contributed by atoms with Gasteiger partial charge in [0.05, 0.1) is 9.13 Å². The van der Waals surface area contributed by atoms with Gasteiger partial charge in [0.2, 0.25) is 17.0 Å². The fourth-order valence-corrected chi connectivity index (χ4v) is 4.75. The molecule has 2 N–H and O–H groups in total. The van der Waals surface area contributed by atoms with Crippen LogP contribution >= 0.6 is 34.2 Å².